The number of fused-ring (bicyclic) bond motifs is 2. The molecular formula is C12H14F3N3. The molecule has 0 aliphatic carbocycles. The molecule has 3 nitrogen and oxygen atoms in total. The highest BCUT2D eigenvalue weighted by Crippen LogP contribution is 2.33. The first-order chi connectivity index (χ1) is 8.55. The molecule has 6 heteroatoms. The van der Waals surface area contributed by atoms with E-state index >= 15 is 0 Å². The van der Waals surface area contributed by atoms with Crippen molar-refractivity contribution < 1.29 is 13.2 Å². The van der Waals surface area contributed by atoms with Crippen molar-refractivity contribution in [1.29, 1.82) is 0 Å². The number of anilines is 1. The zero-order valence-corrected chi connectivity index (χ0v) is 9.74. The van der Waals surface area contributed by atoms with E-state index in [0.717, 1.165) is 38.2 Å². The molecule has 2 fully saturated rings. The first kappa shape index (κ1) is 11.8. The fourth-order valence-electron chi connectivity index (χ4n) is 2.86. The van der Waals surface area contributed by atoms with Crippen LogP contribution in [0.3, 0.4) is 0 Å². The Morgan fingerprint density at radius 2 is 1.83 bits per heavy atom. The van der Waals surface area contributed by atoms with E-state index in [4.69, 9.17) is 0 Å². The fourth-order valence-corrected chi connectivity index (χ4v) is 2.86. The highest BCUT2D eigenvalue weighted by atomic mass is 19.4. The van der Waals surface area contributed by atoms with Gasteiger partial charge >= 0.3 is 6.18 Å². The topological polar surface area (TPSA) is 28.2 Å². The van der Waals surface area contributed by atoms with Crippen LogP contribution in [0.15, 0.2) is 18.3 Å². The second-order valence-corrected chi connectivity index (χ2v) is 4.85. The molecule has 2 aliphatic heterocycles. The Hall–Kier alpha value is -1.30. The minimum atomic E-state index is -4.31. The van der Waals surface area contributed by atoms with E-state index < -0.39 is 11.7 Å². The van der Waals surface area contributed by atoms with Crippen LogP contribution in [0.1, 0.15) is 18.4 Å². The molecule has 0 saturated carbocycles. The summed E-state index contributed by atoms with van der Waals surface area (Å²) in [6.07, 6.45) is -1.22. The van der Waals surface area contributed by atoms with Gasteiger partial charge in [-0.05, 0) is 25.0 Å². The molecule has 3 rings (SSSR count). The maximum Gasteiger partial charge on any atom is 0.417 e. The van der Waals surface area contributed by atoms with Crippen molar-refractivity contribution >= 4 is 5.82 Å². The summed E-state index contributed by atoms with van der Waals surface area (Å²) in [5.41, 5.74) is -0.686. The fraction of sp³-hybridized carbons (Fsp3) is 0.583. The van der Waals surface area contributed by atoms with Crippen molar-refractivity contribution in [2.45, 2.75) is 31.1 Å². The maximum absolute atomic E-state index is 12.5. The predicted molar refractivity (Wildman–Crippen MR) is 61.4 cm³/mol. The van der Waals surface area contributed by atoms with E-state index in [1.54, 1.807) is 0 Å². The Morgan fingerprint density at radius 1 is 1.17 bits per heavy atom. The van der Waals surface area contributed by atoms with Gasteiger partial charge in [-0.2, -0.15) is 13.2 Å². The largest absolute Gasteiger partial charge is 0.417 e. The van der Waals surface area contributed by atoms with Crippen LogP contribution in [-0.2, 0) is 6.18 Å². The Bertz CT molecular complexity index is 413. The van der Waals surface area contributed by atoms with Gasteiger partial charge in [0.25, 0.3) is 0 Å². The summed E-state index contributed by atoms with van der Waals surface area (Å²) < 4.78 is 37.4. The van der Waals surface area contributed by atoms with Gasteiger partial charge in [-0.3, -0.25) is 0 Å². The van der Waals surface area contributed by atoms with E-state index in [0.29, 0.717) is 17.9 Å². The van der Waals surface area contributed by atoms with Crippen molar-refractivity contribution in [2.24, 2.45) is 0 Å². The summed E-state index contributed by atoms with van der Waals surface area (Å²) in [4.78, 5) is 6.15. The van der Waals surface area contributed by atoms with Gasteiger partial charge < -0.3 is 10.2 Å². The zero-order chi connectivity index (χ0) is 12.8. The van der Waals surface area contributed by atoms with Crippen LogP contribution in [0, 0.1) is 0 Å². The molecule has 3 heterocycles. The van der Waals surface area contributed by atoms with Crippen molar-refractivity contribution in [1.82, 2.24) is 10.3 Å². The molecule has 1 aromatic rings. The average Bonchev–Trinajstić information content (AvgIpc) is 2.58. The molecule has 2 aliphatic rings. The SMILES string of the molecule is FC(F)(F)c1ccc(N2C3CCC2CNC3)nc1. The van der Waals surface area contributed by atoms with E-state index in [9.17, 15) is 13.2 Å². The number of nitrogens with one attached hydrogen (secondary N) is 1. The van der Waals surface area contributed by atoms with Gasteiger partial charge in [0.05, 0.1) is 5.56 Å². The number of alkyl halides is 3. The molecule has 2 bridgehead atoms. The Kier molecular flexibility index (Phi) is 2.69. The monoisotopic (exact) mass is 257 g/mol. The minimum Gasteiger partial charge on any atom is -0.348 e. The number of aromatic nitrogens is 1. The van der Waals surface area contributed by atoms with Crippen molar-refractivity contribution in [3.8, 4) is 0 Å². The highest BCUT2D eigenvalue weighted by molar-refractivity contribution is 5.45. The lowest BCUT2D eigenvalue weighted by molar-refractivity contribution is -0.137. The summed E-state index contributed by atoms with van der Waals surface area (Å²) in [7, 11) is 0. The number of nitrogens with zero attached hydrogens (tertiary/aromatic N) is 2. The molecular weight excluding hydrogens is 243 g/mol. The standard InChI is InChI=1S/C12H14F3N3/c13-12(14,15)8-1-4-11(17-5-8)18-9-2-3-10(18)7-16-6-9/h1,4-5,9-10,16H,2-3,6-7H2. The normalized spacial score (nSPS) is 27.6. The van der Waals surface area contributed by atoms with Crippen LogP contribution in [0.25, 0.3) is 0 Å². The van der Waals surface area contributed by atoms with Crippen LogP contribution in [-0.4, -0.2) is 30.2 Å². The summed E-state index contributed by atoms with van der Waals surface area (Å²) in [6, 6.07) is 3.34. The Morgan fingerprint density at radius 3 is 2.33 bits per heavy atom. The lowest BCUT2D eigenvalue weighted by Crippen LogP contribution is -2.52. The maximum atomic E-state index is 12.5. The number of rotatable bonds is 1. The third-order valence-corrected chi connectivity index (χ3v) is 3.72. The summed E-state index contributed by atoms with van der Waals surface area (Å²) in [6.45, 7) is 1.78. The molecule has 2 atom stereocenters. The van der Waals surface area contributed by atoms with Gasteiger partial charge in [-0.15, -0.1) is 0 Å². The number of hydrogen-bond acceptors (Lipinski definition) is 3. The lowest BCUT2D eigenvalue weighted by Gasteiger charge is -2.36. The van der Waals surface area contributed by atoms with Gasteiger partial charge in [-0.1, -0.05) is 0 Å². The van der Waals surface area contributed by atoms with Crippen molar-refractivity contribution in [3.05, 3.63) is 23.9 Å². The minimum absolute atomic E-state index is 0.369. The number of pyridine rings is 1. The number of hydrogen-bond donors (Lipinski definition) is 1. The summed E-state index contributed by atoms with van der Waals surface area (Å²) in [5.74, 6) is 0.664. The predicted octanol–water partition coefficient (Wildman–Crippen LogP) is 2.04. The van der Waals surface area contributed by atoms with Crippen molar-refractivity contribution in [3.63, 3.8) is 0 Å². The third-order valence-electron chi connectivity index (χ3n) is 3.72. The van der Waals surface area contributed by atoms with E-state index in [1.807, 2.05) is 0 Å². The zero-order valence-electron chi connectivity index (χ0n) is 9.74. The van der Waals surface area contributed by atoms with Crippen LogP contribution in [0.2, 0.25) is 0 Å². The van der Waals surface area contributed by atoms with Gasteiger partial charge in [0, 0.05) is 31.4 Å². The molecule has 0 amide bonds. The van der Waals surface area contributed by atoms with Crippen LogP contribution in [0.4, 0.5) is 19.0 Å². The first-order valence-corrected chi connectivity index (χ1v) is 6.08. The molecule has 1 aromatic heterocycles. The van der Waals surface area contributed by atoms with Crippen molar-refractivity contribution in [2.75, 3.05) is 18.0 Å². The molecule has 2 unspecified atom stereocenters. The second-order valence-electron chi connectivity index (χ2n) is 4.85. The molecule has 18 heavy (non-hydrogen) atoms. The Balaban J connectivity index is 1.85. The van der Waals surface area contributed by atoms with Crippen LogP contribution in [0.5, 0.6) is 0 Å². The van der Waals surface area contributed by atoms with Gasteiger partial charge in [-0.25, -0.2) is 4.98 Å². The molecule has 0 spiro atoms. The third kappa shape index (κ3) is 1.94. The molecule has 2 saturated heterocycles. The molecule has 0 radical (unpaired) electrons. The highest BCUT2D eigenvalue weighted by Gasteiger charge is 2.37. The molecule has 0 aromatic carbocycles. The van der Waals surface area contributed by atoms with Crippen LogP contribution < -0.4 is 10.2 Å². The van der Waals surface area contributed by atoms with E-state index in [2.05, 4.69) is 15.2 Å². The van der Waals surface area contributed by atoms with Gasteiger partial charge in [0.2, 0.25) is 0 Å². The Labute approximate surface area is 103 Å². The van der Waals surface area contributed by atoms with Gasteiger partial charge in [0.15, 0.2) is 0 Å². The van der Waals surface area contributed by atoms with Crippen LogP contribution >= 0.6 is 0 Å². The smallest absolute Gasteiger partial charge is 0.348 e. The van der Waals surface area contributed by atoms with E-state index in [-0.39, 0.29) is 0 Å². The number of piperazine rings is 1. The molecule has 98 valence electrons. The number of halogens is 3. The first-order valence-electron chi connectivity index (χ1n) is 6.08. The average molecular weight is 257 g/mol. The quantitative estimate of drug-likeness (QED) is 0.834. The summed E-state index contributed by atoms with van der Waals surface area (Å²) in [5, 5.41) is 3.33. The van der Waals surface area contributed by atoms with E-state index in [1.165, 1.54) is 6.07 Å². The molecule has 1 N–H and O–H groups in total. The lowest BCUT2D eigenvalue weighted by atomic mass is 10.2. The summed E-state index contributed by atoms with van der Waals surface area (Å²) >= 11 is 0. The van der Waals surface area contributed by atoms with Gasteiger partial charge in [0.1, 0.15) is 5.82 Å². The second kappa shape index (κ2) is 4.12.